The molecule has 2 aliphatic rings. The molecule has 10 heteroatoms. The number of aromatic nitrogens is 2. The minimum atomic E-state index is -0.409. The average molecular weight is 438 g/mol. The molecule has 0 bridgehead atoms. The first-order chi connectivity index (χ1) is 12.5. The molecule has 28 heavy (non-hydrogen) atoms. The highest BCUT2D eigenvalue weighted by Gasteiger charge is 2.35. The van der Waals surface area contributed by atoms with E-state index in [1.54, 1.807) is 0 Å². The van der Waals surface area contributed by atoms with E-state index in [-0.39, 0.29) is 42.6 Å². The largest absolute Gasteiger partial charge is 0.381 e. The van der Waals surface area contributed by atoms with Gasteiger partial charge in [0.15, 0.2) is 5.82 Å². The van der Waals surface area contributed by atoms with Crippen LogP contribution in [0.5, 0.6) is 0 Å². The third kappa shape index (κ3) is 6.03. The number of nitrogens with two attached hydrogens (primary N) is 1. The molecule has 2 fully saturated rings. The first kappa shape index (κ1) is 25.1. The second-order valence-corrected chi connectivity index (χ2v) is 7.82. The number of carbonyl (C=O) groups is 1. The predicted molar refractivity (Wildman–Crippen MR) is 111 cm³/mol. The van der Waals surface area contributed by atoms with Crippen molar-refractivity contribution < 1.29 is 14.1 Å². The molecule has 2 saturated heterocycles. The lowest BCUT2D eigenvalue weighted by Gasteiger charge is -2.30. The van der Waals surface area contributed by atoms with Crippen LogP contribution in [0.15, 0.2) is 4.52 Å². The van der Waals surface area contributed by atoms with Crippen LogP contribution >= 0.6 is 24.8 Å². The molecule has 3 rings (SSSR count). The molecule has 1 aromatic heterocycles. The summed E-state index contributed by atoms with van der Waals surface area (Å²) >= 11 is 0. The van der Waals surface area contributed by atoms with Crippen LogP contribution in [0, 0.1) is 5.92 Å². The number of carbonyl (C=O) groups excluding carboxylic acids is 1. The van der Waals surface area contributed by atoms with E-state index in [1.807, 2.05) is 25.8 Å². The van der Waals surface area contributed by atoms with Crippen molar-refractivity contribution in [2.24, 2.45) is 11.7 Å². The van der Waals surface area contributed by atoms with Crippen LogP contribution in [0.1, 0.15) is 50.7 Å². The molecule has 0 spiro atoms. The van der Waals surface area contributed by atoms with Crippen LogP contribution in [-0.2, 0) is 16.1 Å². The Hall–Kier alpha value is -0.930. The fraction of sp³-hybridized carbons (Fsp3) is 0.833. The smallest absolute Gasteiger partial charge is 0.239 e. The van der Waals surface area contributed by atoms with Crippen molar-refractivity contribution in [1.29, 1.82) is 0 Å². The number of rotatable bonds is 6. The molecule has 0 aliphatic carbocycles. The lowest BCUT2D eigenvalue weighted by Crippen LogP contribution is -2.49. The van der Waals surface area contributed by atoms with Gasteiger partial charge in [0.1, 0.15) is 0 Å². The van der Waals surface area contributed by atoms with E-state index in [0.717, 1.165) is 25.8 Å². The molecule has 0 radical (unpaired) electrons. The van der Waals surface area contributed by atoms with Crippen LogP contribution in [-0.4, -0.2) is 71.3 Å². The standard InChI is InChI=1S/C18H31N5O3.2ClH/c1-12(2)17-20-15(21-26-17)11-22(3)14-4-7-23(10-14)18(24)16(19)13-5-8-25-9-6-13;;/h12-14,16H,4-11,19H2,1-3H3;2*1H. The number of halogens is 2. The van der Waals surface area contributed by atoms with E-state index < -0.39 is 6.04 Å². The summed E-state index contributed by atoms with van der Waals surface area (Å²) < 4.78 is 10.6. The first-order valence-corrected chi connectivity index (χ1v) is 9.60. The first-order valence-electron chi connectivity index (χ1n) is 9.60. The Labute approximate surface area is 179 Å². The van der Waals surface area contributed by atoms with E-state index >= 15 is 0 Å². The SMILES string of the molecule is CC(C)c1nc(CN(C)C2CCN(C(=O)C(N)C3CCOCC3)C2)no1.Cl.Cl. The van der Waals surface area contributed by atoms with Gasteiger partial charge in [-0.1, -0.05) is 19.0 Å². The predicted octanol–water partition coefficient (Wildman–Crippen LogP) is 1.82. The number of ether oxygens (including phenoxy) is 1. The van der Waals surface area contributed by atoms with Crippen LogP contribution in [0.3, 0.4) is 0 Å². The highest BCUT2D eigenvalue weighted by atomic mass is 35.5. The molecular weight excluding hydrogens is 405 g/mol. The van der Waals surface area contributed by atoms with Crippen molar-refractivity contribution in [3.05, 3.63) is 11.7 Å². The second-order valence-electron chi connectivity index (χ2n) is 7.82. The third-order valence-electron chi connectivity index (χ3n) is 5.53. The monoisotopic (exact) mass is 437 g/mol. The Kier molecular flexibility index (Phi) is 10.1. The summed E-state index contributed by atoms with van der Waals surface area (Å²) in [5.41, 5.74) is 6.26. The van der Waals surface area contributed by atoms with Gasteiger partial charge in [-0.2, -0.15) is 4.98 Å². The zero-order valence-corrected chi connectivity index (χ0v) is 18.5. The van der Waals surface area contributed by atoms with Gasteiger partial charge in [0.05, 0.1) is 12.6 Å². The van der Waals surface area contributed by atoms with E-state index in [2.05, 4.69) is 15.0 Å². The number of hydrogen-bond acceptors (Lipinski definition) is 7. The number of nitrogens with zero attached hydrogens (tertiary/aromatic N) is 4. The lowest BCUT2D eigenvalue weighted by molar-refractivity contribution is -0.133. The fourth-order valence-electron chi connectivity index (χ4n) is 3.71. The molecule has 8 nitrogen and oxygen atoms in total. The Bertz CT molecular complexity index is 610. The van der Waals surface area contributed by atoms with Gasteiger partial charge in [-0.3, -0.25) is 9.69 Å². The molecule has 0 saturated carbocycles. The van der Waals surface area contributed by atoms with Crippen molar-refractivity contribution in [2.75, 3.05) is 33.4 Å². The van der Waals surface area contributed by atoms with E-state index in [4.69, 9.17) is 15.0 Å². The Morgan fingerprint density at radius 3 is 2.57 bits per heavy atom. The zero-order valence-electron chi connectivity index (χ0n) is 16.9. The highest BCUT2D eigenvalue weighted by Crippen LogP contribution is 2.22. The summed E-state index contributed by atoms with van der Waals surface area (Å²) in [4.78, 5) is 21.3. The van der Waals surface area contributed by atoms with Crippen LogP contribution in [0.25, 0.3) is 0 Å². The van der Waals surface area contributed by atoms with Gasteiger partial charge in [-0.05, 0) is 32.2 Å². The van der Waals surface area contributed by atoms with Crippen molar-refractivity contribution in [1.82, 2.24) is 19.9 Å². The molecule has 1 aromatic rings. The molecule has 2 unspecified atom stereocenters. The molecular formula is C18H33Cl2N5O3. The van der Waals surface area contributed by atoms with Gasteiger partial charge in [-0.15, -0.1) is 24.8 Å². The molecule has 1 amide bonds. The second kappa shape index (κ2) is 11.3. The van der Waals surface area contributed by atoms with Gasteiger partial charge < -0.3 is 19.9 Å². The fourth-order valence-corrected chi connectivity index (χ4v) is 3.71. The molecule has 2 N–H and O–H groups in total. The Morgan fingerprint density at radius 2 is 1.96 bits per heavy atom. The van der Waals surface area contributed by atoms with E-state index in [9.17, 15) is 4.79 Å². The maximum Gasteiger partial charge on any atom is 0.239 e. The summed E-state index contributed by atoms with van der Waals surface area (Å²) in [6.45, 7) is 7.57. The summed E-state index contributed by atoms with van der Waals surface area (Å²) in [6.07, 6.45) is 2.69. The van der Waals surface area contributed by atoms with Crippen molar-refractivity contribution >= 4 is 30.7 Å². The van der Waals surface area contributed by atoms with Crippen LogP contribution < -0.4 is 5.73 Å². The van der Waals surface area contributed by atoms with E-state index in [1.165, 1.54) is 0 Å². The molecule has 2 atom stereocenters. The average Bonchev–Trinajstić information content (AvgIpc) is 3.31. The maximum absolute atomic E-state index is 12.8. The molecule has 0 aromatic carbocycles. The maximum atomic E-state index is 12.8. The molecule has 162 valence electrons. The third-order valence-corrected chi connectivity index (χ3v) is 5.53. The van der Waals surface area contributed by atoms with Gasteiger partial charge in [0, 0.05) is 38.3 Å². The van der Waals surface area contributed by atoms with Gasteiger partial charge in [0.25, 0.3) is 0 Å². The van der Waals surface area contributed by atoms with Crippen LogP contribution in [0.2, 0.25) is 0 Å². The van der Waals surface area contributed by atoms with Gasteiger partial charge in [0.2, 0.25) is 11.8 Å². The van der Waals surface area contributed by atoms with E-state index in [0.29, 0.717) is 44.1 Å². The minimum Gasteiger partial charge on any atom is -0.381 e. The van der Waals surface area contributed by atoms with Crippen molar-refractivity contribution in [3.8, 4) is 0 Å². The Morgan fingerprint density at radius 1 is 1.29 bits per heavy atom. The minimum absolute atomic E-state index is 0. The summed E-state index contributed by atoms with van der Waals surface area (Å²) in [5, 5.41) is 4.05. The van der Waals surface area contributed by atoms with Gasteiger partial charge in [-0.25, -0.2) is 0 Å². The lowest BCUT2D eigenvalue weighted by atomic mass is 9.91. The highest BCUT2D eigenvalue weighted by molar-refractivity contribution is 5.85. The summed E-state index contributed by atoms with van der Waals surface area (Å²) in [5.74, 6) is 1.91. The van der Waals surface area contributed by atoms with Gasteiger partial charge >= 0.3 is 0 Å². The Balaban J connectivity index is 0.00000196. The summed E-state index contributed by atoms with van der Waals surface area (Å²) in [6, 6.07) is -0.115. The quantitative estimate of drug-likeness (QED) is 0.724. The number of amides is 1. The number of likely N-dealkylation sites (N-methyl/N-ethyl adjacent to an activating group) is 1. The number of hydrogen-bond donors (Lipinski definition) is 1. The van der Waals surface area contributed by atoms with Crippen molar-refractivity contribution in [2.45, 2.75) is 57.7 Å². The summed E-state index contributed by atoms with van der Waals surface area (Å²) in [7, 11) is 2.04. The normalized spacial score (nSPS) is 21.5. The molecule has 3 heterocycles. The number of likely N-dealkylation sites (tertiary alicyclic amines) is 1. The van der Waals surface area contributed by atoms with Crippen molar-refractivity contribution in [3.63, 3.8) is 0 Å². The zero-order chi connectivity index (χ0) is 18.7. The van der Waals surface area contributed by atoms with Crippen LogP contribution in [0.4, 0.5) is 0 Å². The molecule has 2 aliphatic heterocycles. The topological polar surface area (TPSA) is 97.7 Å².